The molecule has 0 saturated heterocycles. The van der Waals surface area contributed by atoms with Gasteiger partial charge in [0, 0.05) is 16.9 Å². The van der Waals surface area contributed by atoms with E-state index in [0.29, 0.717) is 34.7 Å². The lowest BCUT2D eigenvalue weighted by Crippen LogP contribution is -2.12. The molecule has 1 amide bonds. The third-order valence-corrected chi connectivity index (χ3v) is 4.24. The van der Waals surface area contributed by atoms with Gasteiger partial charge >= 0.3 is 0 Å². The van der Waals surface area contributed by atoms with E-state index in [1.165, 1.54) is 24.2 Å². The first kappa shape index (κ1) is 14.8. The number of carbonyl (C=O) groups excluding carboxylic acids is 1. The van der Waals surface area contributed by atoms with Gasteiger partial charge in [-0.25, -0.2) is 4.98 Å². The van der Waals surface area contributed by atoms with Gasteiger partial charge < -0.3 is 9.47 Å². The summed E-state index contributed by atoms with van der Waals surface area (Å²) in [6.07, 6.45) is 2.40. The second kappa shape index (κ2) is 6.36. The van der Waals surface area contributed by atoms with Gasteiger partial charge in [0.15, 0.2) is 16.6 Å². The molecule has 1 aliphatic carbocycles. The molecule has 6 heteroatoms. The lowest BCUT2D eigenvalue weighted by molar-refractivity contribution is 0.102. The normalized spacial score (nSPS) is 13.7. The number of thiazole rings is 1. The Morgan fingerprint density at radius 1 is 1.41 bits per heavy atom. The van der Waals surface area contributed by atoms with Crippen molar-refractivity contribution in [1.29, 1.82) is 0 Å². The van der Waals surface area contributed by atoms with E-state index in [1.54, 1.807) is 25.3 Å². The molecule has 1 N–H and O–H groups in total. The van der Waals surface area contributed by atoms with Crippen molar-refractivity contribution < 1.29 is 14.3 Å². The lowest BCUT2D eigenvalue weighted by Gasteiger charge is -2.10. The Morgan fingerprint density at radius 2 is 2.23 bits per heavy atom. The Labute approximate surface area is 133 Å². The topological polar surface area (TPSA) is 60.5 Å². The Balaban J connectivity index is 1.73. The average Bonchev–Trinajstić information content (AvgIpc) is 3.28. The molecule has 0 spiro atoms. The Morgan fingerprint density at radius 3 is 2.91 bits per heavy atom. The second-order valence-corrected chi connectivity index (χ2v) is 5.96. The number of hydrogen-bond acceptors (Lipinski definition) is 5. The third kappa shape index (κ3) is 3.22. The fraction of sp³-hybridized carbons (Fsp3) is 0.375. The molecule has 0 aliphatic heterocycles. The molecule has 3 rings (SSSR count). The summed E-state index contributed by atoms with van der Waals surface area (Å²) in [5, 5.41) is 5.49. The van der Waals surface area contributed by atoms with Crippen LogP contribution < -0.4 is 14.8 Å². The molecule has 1 saturated carbocycles. The molecule has 1 aliphatic rings. The number of nitrogens with one attached hydrogen (secondary N) is 1. The molecule has 5 nitrogen and oxygen atoms in total. The van der Waals surface area contributed by atoms with Crippen LogP contribution in [0.25, 0.3) is 0 Å². The highest BCUT2D eigenvalue weighted by Gasteiger charge is 2.26. The molecular formula is C16H18N2O3S. The first-order valence-corrected chi connectivity index (χ1v) is 8.16. The number of rotatable bonds is 6. The van der Waals surface area contributed by atoms with Gasteiger partial charge in [-0.2, -0.15) is 0 Å². The van der Waals surface area contributed by atoms with Gasteiger partial charge in [0.1, 0.15) is 0 Å². The van der Waals surface area contributed by atoms with Crippen LogP contribution >= 0.6 is 11.3 Å². The minimum Gasteiger partial charge on any atom is -0.493 e. The Hall–Kier alpha value is -2.08. The number of aromatic nitrogens is 1. The summed E-state index contributed by atoms with van der Waals surface area (Å²) < 4.78 is 10.7. The van der Waals surface area contributed by atoms with E-state index in [9.17, 15) is 4.79 Å². The monoisotopic (exact) mass is 318 g/mol. The van der Waals surface area contributed by atoms with Crippen molar-refractivity contribution in [3.05, 3.63) is 34.8 Å². The van der Waals surface area contributed by atoms with Gasteiger partial charge in [-0.05, 0) is 38.0 Å². The van der Waals surface area contributed by atoms with E-state index in [0.717, 1.165) is 5.69 Å². The van der Waals surface area contributed by atoms with E-state index < -0.39 is 0 Å². The Bertz CT molecular complexity index is 680. The minimum absolute atomic E-state index is 0.196. The number of hydrogen-bond donors (Lipinski definition) is 1. The maximum Gasteiger partial charge on any atom is 0.257 e. The first-order valence-electron chi connectivity index (χ1n) is 7.29. The largest absolute Gasteiger partial charge is 0.493 e. The number of ether oxygens (including phenoxy) is 2. The van der Waals surface area contributed by atoms with Crippen LogP contribution in [0.4, 0.5) is 5.13 Å². The van der Waals surface area contributed by atoms with Crippen molar-refractivity contribution in [3.8, 4) is 11.5 Å². The quantitative estimate of drug-likeness (QED) is 0.882. The zero-order valence-electron chi connectivity index (χ0n) is 12.6. The summed E-state index contributed by atoms with van der Waals surface area (Å²) in [6, 6.07) is 5.14. The zero-order chi connectivity index (χ0) is 15.5. The molecule has 0 radical (unpaired) electrons. The van der Waals surface area contributed by atoms with E-state index in [-0.39, 0.29) is 5.91 Å². The average molecular weight is 318 g/mol. The lowest BCUT2D eigenvalue weighted by atomic mass is 10.2. The molecule has 0 bridgehead atoms. The van der Waals surface area contributed by atoms with Gasteiger partial charge in [0.2, 0.25) is 0 Å². The van der Waals surface area contributed by atoms with Gasteiger partial charge in [0.25, 0.3) is 5.91 Å². The number of benzene rings is 1. The van der Waals surface area contributed by atoms with Crippen molar-refractivity contribution in [2.45, 2.75) is 25.7 Å². The summed E-state index contributed by atoms with van der Waals surface area (Å²) in [4.78, 5) is 16.8. The molecule has 1 aromatic carbocycles. The van der Waals surface area contributed by atoms with Gasteiger partial charge in [-0.1, -0.05) is 0 Å². The maximum absolute atomic E-state index is 12.3. The molecule has 22 heavy (non-hydrogen) atoms. The molecule has 116 valence electrons. The summed E-state index contributed by atoms with van der Waals surface area (Å²) in [5.74, 6) is 1.57. The molecule has 1 heterocycles. The fourth-order valence-electron chi connectivity index (χ4n) is 2.16. The first-order chi connectivity index (χ1) is 10.7. The summed E-state index contributed by atoms with van der Waals surface area (Å²) in [7, 11) is 1.56. The predicted octanol–water partition coefficient (Wildman–Crippen LogP) is 3.68. The highest BCUT2D eigenvalue weighted by Crippen LogP contribution is 2.41. The SMILES string of the molecule is CCOc1ccc(C(=O)Nc2nc(C3CC3)cs2)cc1OC. The molecular weight excluding hydrogens is 300 g/mol. The number of nitrogens with zero attached hydrogens (tertiary/aromatic N) is 1. The number of amides is 1. The van der Waals surface area contributed by atoms with Crippen LogP contribution in [-0.2, 0) is 0 Å². The third-order valence-electron chi connectivity index (χ3n) is 3.46. The standard InChI is InChI=1S/C16H18N2O3S/c1-3-21-13-7-6-11(8-14(13)20-2)15(19)18-16-17-12(9-22-16)10-4-5-10/h6-10H,3-5H2,1-2H3,(H,17,18,19). The summed E-state index contributed by atoms with van der Waals surface area (Å²) in [6.45, 7) is 2.45. The van der Waals surface area contributed by atoms with Crippen LogP contribution in [0.2, 0.25) is 0 Å². The van der Waals surface area contributed by atoms with E-state index in [1.807, 2.05) is 12.3 Å². The highest BCUT2D eigenvalue weighted by molar-refractivity contribution is 7.14. The van der Waals surface area contributed by atoms with Crippen molar-refractivity contribution in [2.24, 2.45) is 0 Å². The van der Waals surface area contributed by atoms with E-state index >= 15 is 0 Å². The van der Waals surface area contributed by atoms with Crippen molar-refractivity contribution in [1.82, 2.24) is 4.98 Å². The smallest absolute Gasteiger partial charge is 0.257 e. The maximum atomic E-state index is 12.3. The molecule has 1 aromatic heterocycles. The molecule has 1 fully saturated rings. The second-order valence-electron chi connectivity index (χ2n) is 5.10. The summed E-state index contributed by atoms with van der Waals surface area (Å²) in [5.41, 5.74) is 1.60. The van der Waals surface area contributed by atoms with E-state index in [2.05, 4.69) is 10.3 Å². The van der Waals surface area contributed by atoms with Crippen LogP contribution in [0.1, 0.15) is 41.7 Å². The predicted molar refractivity (Wildman–Crippen MR) is 86.2 cm³/mol. The molecule has 0 unspecified atom stereocenters. The minimum atomic E-state index is -0.196. The van der Waals surface area contributed by atoms with Crippen LogP contribution in [-0.4, -0.2) is 24.6 Å². The zero-order valence-corrected chi connectivity index (χ0v) is 13.4. The molecule has 0 atom stereocenters. The molecule has 2 aromatic rings. The van der Waals surface area contributed by atoms with E-state index in [4.69, 9.17) is 9.47 Å². The fourth-order valence-corrected chi connectivity index (χ4v) is 2.95. The van der Waals surface area contributed by atoms with Gasteiger partial charge in [-0.15, -0.1) is 11.3 Å². The van der Waals surface area contributed by atoms with Gasteiger partial charge in [0.05, 0.1) is 19.4 Å². The van der Waals surface area contributed by atoms with Crippen molar-refractivity contribution in [2.75, 3.05) is 19.0 Å². The van der Waals surface area contributed by atoms with Crippen LogP contribution in [0.3, 0.4) is 0 Å². The van der Waals surface area contributed by atoms with Crippen LogP contribution in [0.5, 0.6) is 11.5 Å². The van der Waals surface area contributed by atoms with Crippen LogP contribution in [0, 0.1) is 0 Å². The number of carbonyl (C=O) groups is 1. The van der Waals surface area contributed by atoms with Crippen molar-refractivity contribution >= 4 is 22.4 Å². The Kier molecular flexibility index (Phi) is 4.29. The van der Waals surface area contributed by atoms with Crippen molar-refractivity contribution in [3.63, 3.8) is 0 Å². The van der Waals surface area contributed by atoms with Gasteiger partial charge in [-0.3, -0.25) is 10.1 Å². The highest BCUT2D eigenvalue weighted by atomic mass is 32.1. The summed E-state index contributed by atoms with van der Waals surface area (Å²) >= 11 is 1.46. The number of anilines is 1. The number of methoxy groups -OCH3 is 1. The van der Waals surface area contributed by atoms with Crippen LogP contribution in [0.15, 0.2) is 23.6 Å².